The standard InChI is InChI=1S/C9H17NO3S/c11-7-9(10-8-1-2-8)3-5-14(12,13)6-4-9/h8,10-11H,1-7H2. The average Bonchev–Trinajstić information content (AvgIpc) is 2.93. The molecule has 2 N–H and O–H groups in total. The summed E-state index contributed by atoms with van der Waals surface area (Å²) in [6.07, 6.45) is 3.44. The molecule has 0 radical (unpaired) electrons. The molecule has 5 heteroatoms. The van der Waals surface area contributed by atoms with Gasteiger partial charge in [0.15, 0.2) is 0 Å². The van der Waals surface area contributed by atoms with Crippen molar-refractivity contribution in [2.45, 2.75) is 37.3 Å². The third kappa shape index (κ3) is 2.27. The highest BCUT2D eigenvalue weighted by Gasteiger charge is 2.40. The first-order valence-corrected chi connectivity index (χ1v) is 6.96. The summed E-state index contributed by atoms with van der Waals surface area (Å²) in [6, 6.07) is 0.517. The number of nitrogens with one attached hydrogen (secondary N) is 1. The van der Waals surface area contributed by atoms with E-state index in [9.17, 15) is 13.5 Å². The van der Waals surface area contributed by atoms with Crippen LogP contribution < -0.4 is 5.32 Å². The van der Waals surface area contributed by atoms with Gasteiger partial charge in [0.2, 0.25) is 0 Å². The summed E-state index contributed by atoms with van der Waals surface area (Å²) in [5.74, 6) is 0.431. The molecular formula is C9H17NO3S. The maximum Gasteiger partial charge on any atom is 0.150 e. The normalized spacial score (nSPS) is 30.1. The molecule has 1 heterocycles. The molecule has 82 valence electrons. The molecule has 0 aromatic heterocycles. The number of aliphatic hydroxyl groups is 1. The Morgan fingerprint density at radius 2 is 1.86 bits per heavy atom. The fourth-order valence-corrected chi connectivity index (χ4v) is 3.55. The lowest BCUT2D eigenvalue weighted by atomic mass is 9.93. The fraction of sp³-hybridized carbons (Fsp3) is 1.00. The Bertz CT molecular complexity index is 294. The second kappa shape index (κ2) is 3.47. The molecule has 2 rings (SSSR count). The molecule has 1 aliphatic carbocycles. The van der Waals surface area contributed by atoms with Crippen molar-refractivity contribution in [3.8, 4) is 0 Å². The summed E-state index contributed by atoms with van der Waals surface area (Å²) in [6.45, 7) is 0.0546. The SMILES string of the molecule is O=S1(=O)CCC(CO)(NC2CC2)CC1. The number of aliphatic hydroxyl groups excluding tert-OH is 1. The van der Waals surface area contributed by atoms with Crippen molar-refractivity contribution < 1.29 is 13.5 Å². The van der Waals surface area contributed by atoms with Crippen LogP contribution in [-0.2, 0) is 9.84 Å². The Morgan fingerprint density at radius 1 is 1.29 bits per heavy atom. The van der Waals surface area contributed by atoms with Crippen LogP contribution in [-0.4, -0.2) is 43.2 Å². The molecule has 0 bridgehead atoms. The summed E-state index contributed by atoms with van der Waals surface area (Å²) in [7, 11) is -2.83. The molecule has 0 atom stereocenters. The van der Waals surface area contributed by atoms with Gasteiger partial charge in [-0.2, -0.15) is 0 Å². The van der Waals surface area contributed by atoms with Crippen LogP contribution in [0.3, 0.4) is 0 Å². The monoisotopic (exact) mass is 219 g/mol. The van der Waals surface area contributed by atoms with Crippen LogP contribution in [0.4, 0.5) is 0 Å². The van der Waals surface area contributed by atoms with Gasteiger partial charge in [-0.3, -0.25) is 0 Å². The quantitative estimate of drug-likeness (QED) is 0.682. The Hall–Kier alpha value is -0.130. The van der Waals surface area contributed by atoms with Crippen LogP contribution in [0.15, 0.2) is 0 Å². The summed E-state index contributed by atoms with van der Waals surface area (Å²) in [5, 5.41) is 12.7. The van der Waals surface area contributed by atoms with Crippen molar-refractivity contribution in [2.75, 3.05) is 18.1 Å². The van der Waals surface area contributed by atoms with Gasteiger partial charge in [-0.15, -0.1) is 0 Å². The summed E-state index contributed by atoms with van der Waals surface area (Å²) in [5.41, 5.74) is -0.313. The van der Waals surface area contributed by atoms with E-state index in [-0.39, 0.29) is 23.7 Å². The molecule has 14 heavy (non-hydrogen) atoms. The van der Waals surface area contributed by atoms with E-state index in [1.165, 1.54) is 0 Å². The van der Waals surface area contributed by atoms with Crippen LogP contribution in [0, 0.1) is 0 Å². The van der Waals surface area contributed by atoms with Gasteiger partial charge in [0.05, 0.1) is 18.1 Å². The van der Waals surface area contributed by atoms with Gasteiger partial charge in [-0.05, 0) is 25.7 Å². The van der Waals surface area contributed by atoms with Gasteiger partial charge in [0.25, 0.3) is 0 Å². The zero-order valence-corrected chi connectivity index (χ0v) is 9.02. The average molecular weight is 219 g/mol. The molecule has 0 spiro atoms. The smallest absolute Gasteiger partial charge is 0.150 e. The van der Waals surface area contributed by atoms with Gasteiger partial charge < -0.3 is 10.4 Å². The van der Waals surface area contributed by atoms with Crippen molar-refractivity contribution in [1.29, 1.82) is 0 Å². The van der Waals surface area contributed by atoms with E-state index < -0.39 is 9.84 Å². The van der Waals surface area contributed by atoms with E-state index >= 15 is 0 Å². The highest BCUT2D eigenvalue weighted by Crippen LogP contribution is 2.29. The zero-order valence-electron chi connectivity index (χ0n) is 8.20. The zero-order chi connectivity index (χ0) is 10.2. The molecule has 0 amide bonds. The first kappa shape index (κ1) is 10.4. The third-order valence-corrected chi connectivity index (χ3v) is 4.83. The Balaban J connectivity index is 1.99. The van der Waals surface area contributed by atoms with Gasteiger partial charge >= 0.3 is 0 Å². The highest BCUT2D eigenvalue weighted by atomic mass is 32.2. The number of hydrogen-bond donors (Lipinski definition) is 2. The lowest BCUT2D eigenvalue weighted by molar-refractivity contribution is 0.147. The van der Waals surface area contributed by atoms with Crippen LogP contribution >= 0.6 is 0 Å². The molecule has 0 aromatic carbocycles. The number of hydrogen-bond acceptors (Lipinski definition) is 4. The third-order valence-electron chi connectivity index (χ3n) is 3.17. The molecule has 2 aliphatic rings. The predicted molar refractivity (Wildman–Crippen MR) is 53.9 cm³/mol. The molecule has 1 aliphatic heterocycles. The predicted octanol–water partition coefficient (Wildman–Crippen LogP) is -0.322. The second-order valence-electron chi connectivity index (χ2n) is 4.51. The maximum atomic E-state index is 11.2. The van der Waals surface area contributed by atoms with Crippen molar-refractivity contribution in [3.05, 3.63) is 0 Å². The molecular weight excluding hydrogens is 202 g/mol. The first-order valence-electron chi connectivity index (χ1n) is 5.14. The van der Waals surface area contributed by atoms with Gasteiger partial charge in [0, 0.05) is 11.6 Å². The summed E-state index contributed by atoms with van der Waals surface area (Å²) in [4.78, 5) is 0. The van der Waals surface area contributed by atoms with Crippen molar-refractivity contribution >= 4 is 9.84 Å². The van der Waals surface area contributed by atoms with E-state index in [0.717, 1.165) is 12.8 Å². The Labute approximate surface area is 84.6 Å². The van der Waals surface area contributed by atoms with Crippen LogP contribution in [0.2, 0.25) is 0 Å². The molecule has 1 saturated carbocycles. The van der Waals surface area contributed by atoms with E-state index in [4.69, 9.17) is 0 Å². The largest absolute Gasteiger partial charge is 0.394 e. The van der Waals surface area contributed by atoms with Crippen molar-refractivity contribution in [1.82, 2.24) is 5.32 Å². The van der Waals surface area contributed by atoms with Gasteiger partial charge in [0.1, 0.15) is 9.84 Å². The fourth-order valence-electron chi connectivity index (χ4n) is 1.94. The van der Waals surface area contributed by atoms with E-state index in [1.54, 1.807) is 0 Å². The van der Waals surface area contributed by atoms with E-state index in [0.29, 0.717) is 18.9 Å². The van der Waals surface area contributed by atoms with Crippen LogP contribution in [0.25, 0.3) is 0 Å². The molecule has 2 fully saturated rings. The minimum atomic E-state index is -2.83. The van der Waals surface area contributed by atoms with E-state index in [1.807, 2.05) is 0 Å². The van der Waals surface area contributed by atoms with Gasteiger partial charge in [-0.25, -0.2) is 8.42 Å². The molecule has 4 nitrogen and oxygen atoms in total. The van der Waals surface area contributed by atoms with Crippen LogP contribution in [0.5, 0.6) is 0 Å². The number of sulfone groups is 1. The Kier molecular flexibility index (Phi) is 2.57. The highest BCUT2D eigenvalue weighted by molar-refractivity contribution is 7.91. The summed E-state index contributed by atoms with van der Waals surface area (Å²) >= 11 is 0. The first-order chi connectivity index (χ1) is 6.55. The second-order valence-corrected chi connectivity index (χ2v) is 6.81. The maximum absolute atomic E-state index is 11.2. The Morgan fingerprint density at radius 3 is 2.29 bits per heavy atom. The molecule has 0 unspecified atom stereocenters. The minimum absolute atomic E-state index is 0.0546. The minimum Gasteiger partial charge on any atom is -0.394 e. The topological polar surface area (TPSA) is 66.4 Å². The lowest BCUT2D eigenvalue weighted by Crippen LogP contribution is -2.54. The summed E-state index contributed by atoms with van der Waals surface area (Å²) < 4.78 is 22.5. The lowest BCUT2D eigenvalue weighted by Gasteiger charge is -2.36. The molecule has 1 saturated heterocycles. The number of rotatable bonds is 3. The van der Waals surface area contributed by atoms with Gasteiger partial charge in [-0.1, -0.05) is 0 Å². The van der Waals surface area contributed by atoms with Crippen molar-refractivity contribution in [2.24, 2.45) is 0 Å². The molecule has 0 aromatic rings. The van der Waals surface area contributed by atoms with Crippen LogP contribution in [0.1, 0.15) is 25.7 Å². The van der Waals surface area contributed by atoms with Crippen molar-refractivity contribution in [3.63, 3.8) is 0 Å². The van der Waals surface area contributed by atoms with E-state index in [2.05, 4.69) is 5.32 Å².